The number of hydrogen-bond donors (Lipinski definition) is 0. The van der Waals surface area contributed by atoms with Crippen LogP contribution < -0.4 is 14.4 Å². The molecule has 1 unspecified atom stereocenters. The van der Waals surface area contributed by atoms with Gasteiger partial charge in [0.15, 0.2) is 0 Å². The molecule has 1 aromatic heterocycles. The zero-order valence-corrected chi connectivity index (χ0v) is 16.1. The molecule has 2 aromatic carbocycles. The number of fused-ring (bicyclic) bond motifs is 1. The van der Waals surface area contributed by atoms with Gasteiger partial charge in [-0.05, 0) is 24.3 Å². The molecular formula is C22H23N3O3. The Morgan fingerprint density at radius 3 is 2.79 bits per heavy atom. The maximum atomic E-state index is 12.9. The van der Waals surface area contributed by atoms with Crippen LogP contribution in [-0.4, -0.2) is 36.2 Å². The molecule has 6 nitrogen and oxygen atoms in total. The van der Waals surface area contributed by atoms with E-state index in [1.54, 1.807) is 19.1 Å². The Balaban J connectivity index is 1.72. The van der Waals surface area contributed by atoms with E-state index in [-0.39, 0.29) is 11.8 Å². The van der Waals surface area contributed by atoms with Gasteiger partial charge in [0, 0.05) is 31.5 Å². The zero-order valence-electron chi connectivity index (χ0n) is 16.1. The third-order valence-corrected chi connectivity index (χ3v) is 5.16. The molecule has 28 heavy (non-hydrogen) atoms. The van der Waals surface area contributed by atoms with Gasteiger partial charge in [-0.15, -0.1) is 6.58 Å². The number of ether oxygens (including phenoxy) is 2. The summed E-state index contributed by atoms with van der Waals surface area (Å²) in [6, 6.07) is 13.5. The molecule has 4 rings (SSSR count). The van der Waals surface area contributed by atoms with Crippen molar-refractivity contribution in [1.82, 2.24) is 9.55 Å². The number of anilines is 1. The van der Waals surface area contributed by atoms with Crippen LogP contribution in [0, 0.1) is 0 Å². The van der Waals surface area contributed by atoms with Crippen molar-refractivity contribution in [2.24, 2.45) is 0 Å². The van der Waals surface area contributed by atoms with Crippen molar-refractivity contribution in [3.05, 3.63) is 60.9 Å². The molecule has 1 atom stereocenters. The van der Waals surface area contributed by atoms with E-state index >= 15 is 0 Å². The molecule has 1 amide bonds. The van der Waals surface area contributed by atoms with E-state index < -0.39 is 0 Å². The minimum absolute atomic E-state index is 0.00393. The summed E-state index contributed by atoms with van der Waals surface area (Å²) in [5.74, 6) is 2.30. The first-order chi connectivity index (χ1) is 13.7. The Morgan fingerprint density at radius 2 is 2.04 bits per heavy atom. The number of methoxy groups -OCH3 is 2. The molecule has 2 heterocycles. The fraction of sp³-hybridized carbons (Fsp3) is 0.273. The fourth-order valence-electron chi connectivity index (χ4n) is 3.85. The normalized spacial score (nSPS) is 16.6. The first-order valence-electron chi connectivity index (χ1n) is 9.24. The minimum atomic E-state index is -0.00393. The summed E-state index contributed by atoms with van der Waals surface area (Å²) in [7, 11) is 3.21. The van der Waals surface area contributed by atoms with Gasteiger partial charge in [0.2, 0.25) is 5.91 Å². The molecule has 0 N–H and O–H groups in total. The molecule has 0 aliphatic carbocycles. The van der Waals surface area contributed by atoms with Gasteiger partial charge in [-0.1, -0.05) is 18.2 Å². The average Bonchev–Trinajstić information content (AvgIpc) is 3.28. The molecule has 1 aliphatic rings. The van der Waals surface area contributed by atoms with Gasteiger partial charge in [-0.2, -0.15) is 0 Å². The number of amides is 1. The first-order valence-corrected chi connectivity index (χ1v) is 9.24. The lowest BCUT2D eigenvalue weighted by molar-refractivity contribution is -0.117. The standard InChI is InChI=1S/C22H23N3O3/c1-4-11-24-18-8-6-5-7-17(18)23-22(24)15-12-21(26)25(14-15)19-13-16(27-2)9-10-20(19)28-3/h4-10,13,15H,1,11-12,14H2,2-3H3. The van der Waals surface area contributed by atoms with Gasteiger partial charge >= 0.3 is 0 Å². The summed E-state index contributed by atoms with van der Waals surface area (Å²) < 4.78 is 12.9. The second kappa shape index (κ2) is 7.38. The molecule has 0 bridgehead atoms. The van der Waals surface area contributed by atoms with Crippen LogP contribution >= 0.6 is 0 Å². The summed E-state index contributed by atoms with van der Waals surface area (Å²) >= 11 is 0. The van der Waals surface area contributed by atoms with Crippen LogP contribution in [0.3, 0.4) is 0 Å². The highest BCUT2D eigenvalue weighted by molar-refractivity contribution is 5.98. The third kappa shape index (κ3) is 3.01. The van der Waals surface area contributed by atoms with Crippen molar-refractivity contribution in [3.8, 4) is 11.5 Å². The van der Waals surface area contributed by atoms with Crippen molar-refractivity contribution in [3.63, 3.8) is 0 Å². The van der Waals surface area contributed by atoms with Gasteiger partial charge in [-0.25, -0.2) is 4.98 Å². The number of para-hydroxylation sites is 2. The summed E-state index contributed by atoms with van der Waals surface area (Å²) in [6.45, 7) is 5.07. The Kier molecular flexibility index (Phi) is 4.77. The molecule has 1 saturated heterocycles. The highest BCUT2D eigenvalue weighted by atomic mass is 16.5. The van der Waals surface area contributed by atoms with Crippen molar-refractivity contribution in [2.75, 3.05) is 25.7 Å². The van der Waals surface area contributed by atoms with E-state index in [9.17, 15) is 4.79 Å². The molecule has 6 heteroatoms. The average molecular weight is 377 g/mol. The molecule has 0 saturated carbocycles. The maximum absolute atomic E-state index is 12.9. The molecule has 1 fully saturated rings. The topological polar surface area (TPSA) is 56.6 Å². The van der Waals surface area contributed by atoms with E-state index in [4.69, 9.17) is 14.5 Å². The van der Waals surface area contributed by atoms with Crippen LogP contribution in [0.2, 0.25) is 0 Å². The van der Waals surface area contributed by atoms with E-state index in [1.807, 2.05) is 42.5 Å². The number of carbonyl (C=O) groups is 1. The van der Waals surface area contributed by atoms with Crippen LogP contribution in [0.5, 0.6) is 11.5 Å². The smallest absolute Gasteiger partial charge is 0.227 e. The van der Waals surface area contributed by atoms with Gasteiger partial charge in [0.25, 0.3) is 0 Å². The molecule has 3 aromatic rings. The Bertz CT molecular complexity index is 1040. The molecule has 1 aliphatic heterocycles. The third-order valence-electron chi connectivity index (χ3n) is 5.16. The number of aromatic nitrogens is 2. The van der Waals surface area contributed by atoms with E-state index in [1.165, 1.54) is 0 Å². The van der Waals surface area contributed by atoms with Gasteiger partial charge in [-0.3, -0.25) is 4.79 Å². The van der Waals surface area contributed by atoms with Gasteiger partial charge in [0.1, 0.15) is 17.3 Å². The van der Waals surface area contributed by atoms with Crippen molar-refractivity contribution in [1.29, 1.82) is 0 Å². The number of benzene rings is 2. The Hall–Kier alpha value is -3.28. The Labute approximate surface area is 164 Å². The van der Waals surface area contributed by atoms with Gasteiger partial charge < -0.3 is 18.9 Å². The quantitative estimate of drug-likeness (QED) is 0.614. The number of rotatable bonds is 6. The number of hydrogen-bond acceptors (Lipinski definition) is 4. The zero-order chi connectivity index (χ0) is 19.7. The monoisotopic (exact) mass is 377 g/mol. The second-order valence-electron chi connectivity index (χ2n) is 6.80. The van der Waals surface area contributed by atoms with Crippen LogP contribution in [0.1, 0.15) is 18.2 Å². The summed E-state index contributed by atoms with van der Waals surface area (Å²) in [6.07, 6.45) is 2.26. The number of allylic oxidation sites excluding steroid dienone is 1. The Morgan fingerprint density at radius 1 is 1.21 bits per heavy atom. The lowest BCUT2D eigenvalue weighted by atomic mass is 10.1. The summed E-state index contributed by atoms with van der Waals surface area (Å²) in [4.78, 5) is 19.5. The largest absolute Gasteiger partial charge is 0.497 e. The molecule has 0 radical (unpaired) electrons. The highest BCUT2D eigenvalue weighted by Crippen LogP contribution is 2.39. The number of carbonyl (C=O) groups excluding carboxylic acids is 1. The number of nitrogens with zero attached hydrogens (tertiary/aromatic N) is 3. The summed E-state index contributed by atoms with van der Waals surface area (Å²) in [5.41, 5.74) is 2.72. The van der Waals surface area contributed by atoms with Crippen molar-refractivity contribution in [2.45, 2.75) is 18.9 Å². The van der Waals surface area contributed by atoms with E-state index in [0.29, 0.717) is 31.0 Å². The van der Waals surface area contributed by atoms with Crippen LogP contribution in [0.15, 0.2) is 55.1 Å². The van der Waals surface area contributed by atoms with Crippen LogP contribution in [0.4, 0.5) is 5.69 Å². The maximum Gasteiger partial charge on any atom is 0.227 e. The lowest BCUT2D eigenvalue weighted by Crippen LogP contribution is -2.25. The number of imidazole rings is 1. The molecule has 0 spiro atoms. The lowest BCUT2D eigenvalue weighted by Gasteiger charge is -2.20. The molecule has 144 valence electrons. The predicted molar refractivity (Wildman–Crippen MR) is 109 cm³/mol. The second-order valence-corrected chi connectivity index (χ2v) is 6.80. The predicted octanol–water partition coefficient (Wildman–Crippen LogP) is 3.76. The fourth-order valence-corrected chi connectivity index (χ4v) is 3.85. The highest BCUT2D eigenvalue weighted by Gasteiger charge is 2.36. The van der Waals surface area contributed by atoms with Crippen molar-refractivity contribution < 1.29 is 14.3 Å². The molecular weight excluding hydrogens is 354 g/mol. The first kappa shape index (κ1) is 18.1. The van der Waals surface area contributed by atoms with Crippen LogP contribution in [0.25, 0.3) is 11.0 Å². The SMILES string of the molecule is C=CCn1c(C2CC(=O)N(c3cc(OC)ccc3OC)C2)nc2ccccc21. The minimum Gasteiger partial charge on any atom is -0.497 e. The van der Waals surface area contributed by atoms with Gasteiger partial charge in [0.05, 0.1) is 30.9 Å². The van der Waals surface area contributed by atoms with Crippen LogP contribution in [-0.2, 0) is 11.3 Å². The van der Waals surface area contributed by atoms with E-state index in [2.05, 4.69) is 17.2 Å². The van der Waals surface area contributed by atoms with Crippen molar-refractivity contribution >= 4 is 22.6 Å². The van der Waals surface area contributed by atoms with E-state index in [0.717, 1.165) is 22.5 Å². The summed E-state index contributed by atoms with van der Waals surface area (Å²) in [5, 5.41) is 0.